The molecule has 0 saturated heterocycles. The molecule has 12 heteroatoms. The molecule has 2 amide bonds. The van der Waals surface area contributed by atoms with Gasteiger partial charge >= 0.3 is 24.1 Å². The zero-order chi connectivity index (χ0) is 21.4. The third kappa shape index (κ3) is 4.25. The second-order valence-electron chi connectivity index (χ2n) is 7.32. The third-order valence-corrected chi connectivity index (χ3v) is 5.62. The molecule has 2 saturated carbocycles. The Morgan fingerprint density at radius 1 is 1.17 bits per heavy atom. The van der Waals surface area contributed by atoms with Gasteiger partial charge in [-0.25, -0.2) is 19.6 Å². The van der Waals surface area contributed by atoms with E-state index in [9.17, 15) is 22.8 Å². The van der Waals surface area contributed by atoms with Gasteiger partial charge in [-0.2, -0.15) is 13.2 Å². The van der Waals surface area contributed by atoms with Crippen molar-refractivity contribution in [1.82, 2.24) is 20.2 Å². The van der Waals surface area contributed by atoms with Crippen molar-refractivity contribution in [3.63, 3.8) is 0 Å². The lowest BCUT2D eigenvalue weighted by atomic mass is 9.80. The molecular weight excluding hydrogens is 397 g/mol. The number of carbonyl (C=O) groups is 3. The van der Waals surface area contributed by atoms with E-state index in [0.717, 1.165) is 24.1 Å². The molecule has 0 aromatic carbocycles. The summed E-state index contributed by atoms with van der Waals surface area (Å²) in [4.78, 5) is 42.5. The SMILES string of the molecule is O=C(N[C@@H]1C[C@@]2(C(=O)O)C[C@@H]12)N1CCc2cncnc2CC1.O=C(O)C(F)(F)F. The van der Waals surface area contributed by atoms with Crippen LogP contribution in [0.5, 0.6) is 0 Å². The summed E-state index contributed by atoms with van der Waals surface area (Å²) in [5, 5.41) is 19.3. The largest absolute Gasteiger partial charge is 0.490 e. The minimum Gasteiger partial charge on any atom is -0.481 e. The number of amides is 2. The first kappa shape index (κ1) is 20.8. The molecule has 0 bridgehead atoms. The fourth-order valence-electron chi connectivity index (χ4n) is 3.83. The van der Waals surface area contributed by atoms with E-state index in [4.69, 9.17) is 15.0 Å². The van der Waals surface area contributed by atoms with Crippen LogP contribution >= 0.6 is 0 Å². The summed E-state index contributed by atoms with van der Waals surface area (Å²) in [7, 11) is 0. The van der Waals surface area contributed by atoms with E-state index in [1.165, 1.54) is 0 Å². The zero-order valence-electron chi connectivity index (χ0n) is 15.1. The summed E-state index contributed by atoms with van der Waals surface area (Å²) >= 11 is 0. The second-order valence-corrected chi connectivity index (χ2v) is 7.32. The molecule has 1 aromatic rings. The van der Waals surface area contributed by atoms with Crippen molar-refractivity contribution in [1.29, 1.82) is 0 Å². The molecule has 2 fully saturated rings. The van der Waals surface area contributed by atoms with Crippen LogP contribution in [0.15, 0.2) is 12.5 Å². The number of fused-ring (bicyclic) bond motifs is 2. The van der Waals surface area contributed by atoms with E-state index in [0.29, 0.717) is 25.9 Å². The summed E-state index contributed by atoms with van der Waals surface area (Å²) in [6.45, 7) is 1.28. The summed E-state index contributed by atoms with van der Waals surface area (Å²) < 4.78 is 31.7. The molecule has 29 heavy (non-hydrogen) atoms. The van der Waals surface area contributed by atoms with Crippen molar-refractivity contribution in [2.24, 2.45) is 11.3 Å². The first-order valence-electron chi connectivity index (χ1n) is 8.91. The van der Waals surface area contributed by atoms with E-state index >= 15 is 0 Å². The van der Waals surface area contributed by atoms with Crippen LogP contribution in [-0.4, -0.2) is 68.4 Å². The number of rotatable bonds is 2. The van der Waals surface area contributed by atoms with Gasteiger partial charge in [0.25, 0.3) is 0 Å². The monoisotopic (exact) mass is 416 g/mol. The number of carboxylic acids is 2. The number of alkyl halides is 3. The molecule has 4 rings (SSSR count). The van der Waals surface area contributed by atoms with Crippen molar-refractivity contribution >= 4 is 18.0 Å². The van der Waals surface area contributed by atoms with Gasteiger partial charge in [-0.05, 0) is 30.7 Å². The minimum absolute atomic E-state index is 0.0222. The predicted molar refractivity (Wildman–Crippen MR) is 89.8 cm³/mol. The summed E-state index contributed by atoms with van der Waals surface area (Å²) in [5.41, 5.74) is 1.59. The summed E-state index contributed by atoms with van der Waals surface area (Å²) in [6.07, 6.45) is 1.05. The Morgan fingerprint density at radius 2 is 1.83 bits per heavy atom. The summed E-state index contributed by atoms with van der Waals surface area (Å²) in [5.74, 6) is -3.34. The number of aliphatic carboxylic acids is 2. The molecule has 1 aliphatic heterocycles. The van der Waals surface area contributed by atoms with Crippen LogP contribution in [-0.2, 0) is 22.4 Å². The maximum atomic E-state index is 12.4. The van der Waals surface area contributed by atoms with Crippen LogP contribution in [0.4, 0.5) is 18.0 Å². The van der Waals surface area contributed by atoms with Crippen molar-refractivity contribution in [2.75, 3.05) is 13.1 Å². The maximum absolute atomic E-state index is 12.4. The van der Waals surface area contributed by atoms with Gasteiger partial charge in [-0.1, -0.05) is 0 Å². The fourth-order valence-corrected chi connectivity index (χ4v) is 3.83. The van der Waals surface area contributed by atoms with E-state index in [1.54, 1.807) is 11.2 Å². The van der Waals surface area contributed by atoms with Gasteiger partial charge in [0.1, 0.15) is 6.33 Å². The number of halogens is 3. The number of aromatic nitrogens is 2. The fraction of sp³-hybridized carbons (Fsp3) is 0.588. The first-order valence-corrected chi connectivity index (χ1v) is 8.91. The highest BCUT2D eigenvalue weighted by Gasteiger charge is 2.72. The quantitative estimate of drug-likeness (QED) is 0.657. The lowest BCUT2D eigenvalue weighted by Gasteiger charge is -2.34. The first-order chi connectivity index (χ1) is 13.5. The van der Waals surface area contributed by atoms with Gasteiger partial charge in [0.15, 0.2) is 0 Å². The van der Waals surface area contributed by atoms with Crippen LogP contribution in [0, 0.1) is 11.3 Å². The summed E-state index contributed by atoms with van der Waals surface area (Å²) in [6, 6.07) is -0.0642. The van der Waals surface area contributed by atoms with Crippen LogP contribution in [0.3, 0.4) is 0 Å². The van der Waals surface area contributed by atoms with Crippen LogP contribution in [0.1, 0.15) is 24.1 Å². The van der Waals surface area contributed by atoms with Crippen LogP contribution in [0.2, 0.25) is 0 Å². The Kier molecular flexibility index (Phi) is 5.37. The van der Waals surface area contributed by atoms with Crippen molar-refractivity contribution in [2.45, 2.75) is 37.9 Å². The number of hydrogen-bond acceptors (Lipinski definition) is 5. The minimum atomic E-state index is -5.08. The number of nitrogens with zero attached hydrogens (tertiary/aromatic N) is 3. The van der Waals surface area contributed by atoms with Gasteiger partial charge in [0.2, 0.25) is 0 Å². The highest BCUT2D eigenvalue weighted by atomic mass is 19.4. The van der Waals surface area contributed by atoms with E-state index in [-0.39, 0.29) is 18.0 Å². The smallest absolute Gasteiger partial charge is 0.481 e. The Balaban J connectivity index is 0.000000298. The molecule has 1 aromatic heterocycles. The molecule has 0 spiro atoms. The van der Waals surface area contributed by atoms with Crippen LogP contribution < -0.4 is 5.32 Å². The average molecular weight is 416 g/mol. The molecule has 3 aliphatic rings. The lowest BCUT2D eigenvalue weighted by Crippen LogP contribution is -2.52. The number of carboxylic acid groups (broad SMARTS) is 2. The third-order valence-electron chi connectivity index (χ3n) is 5.62. The molecule has 3 atom stereocenters. The molecule has 0 unspecified atom stereocenters. The number of hydrogen-bond donors (Lipinski definition) is 3. The second kappa shape index (κ2) is 7.48. The molecule has 2 aliphatic carbocycles. The Morgan fingerprint density at radius 3 is 2.38 bits per heavy atom. The Bertz CT molecular complexity index is 807. The van der Waals surface area contributed by atoms with Crippen molar-refractivity contribution in [3.8, 4) is 0 Å². The topological polar surface area (TPSA) is 133 Å². The van der Waals surface area contributed by atoms with E-state index in [2.05, 4.69) is 15.3 Å². The highest BCUT2D eigenvalue weighted by Crippen LogP contribution is 2.67. The molecule has 9 nitrogen and oxygen atoms in total. The van der Waals surface area contributed by atoms with E-state index < -0.39 is 23.5 Å². The molecule has 0 radical (unpaired) electrons. The Hall–Kier alpha value is -2.92. The number of nitrogens with one attached hydrogen (secondary N) is 1. The molecule has 2 heterocycles. The molecule has 158 valence electrons. The standard InChI is InChI=1S/C15H18N4O3.C2HF3O2/c20-13(21)15-5-10(15)12(6-15)18-14(22)19-3-1-9-7-16-8-17-11(9)2-4-19;3-2(4,5)1(6)7/h7-8,10,12H,1-6H2,(H,18,22)(H,20,21);(H,6,7)/t10-,12+,15-;/m0./s1. The maximum Gasteiger partial charge on any atom is 0.490 e. The number of carbonyl (C=O) groups excluding carboxylic acids is 1. The lowest BCUT2D eigenvalue weighted by molar-refractivity contribution is -0.192. The van der Waals surface area contributed by atoms with Gasteiger partial charge in [-0.3, -0.25) is 4.79 Å². The van der Waals surface area contributed by atoms with Crippen LogP contribution in [0.25, 0.3) is 0 Å². The predicted octanol–water partition coefficient (Wildman–Crippen LogP) is 1.08. The highest BCUT2D eigenvalue weighted by molar-refractivity contribution is 5.82. The van der Waals surface area contributed by atoms with Gasteiger partial charge < -0.3 is 20.4 Å². The van der Waals surface area contributed by atoms with Gasteiger partial charge in [0.05, 0.1) is 5.41 Å². The molecule has 3 N–H and O–H groups in total. The van der Waals surface area contributed by atoms with Gasteiger partial charge in [-0.15, -0.1) is 0 Å². The van der Waals surface area contributed by atoms with Crippen molar-refractivity contribution in [3.05, 3.63) is 23.8 Å². The van der Waals surface area contributed by atoms with Gasteiger partial charge in [0, 0.05) is 37.4 Å². The number of urea groups is 1. The zero-order valence-corrected chi connectivity index (χ0v) is 15.1. The van der Waals surface area contributed by atoms with E-state index in [1.807, 2.05) is 6.20 Å². The van der Waals surface area contributed by atoms with Crippen molar-refractivity contribution < 1.29 is 37.8 Å². The Labute approximate surface area is 162 Å². The molecular formula is C17H19F3N4O5. The normalized spacial score (nSPS) is 27.1. The average Bonchev–Trinajstić information content (AvgIpc) is 3.31.